The average molecular weight is 341 g/mol. The van der Waals surface area contributed by atoms with Crippen molar-refractivity contribution in [2.24, 2.45) is 0 Å². The molecule has 0 aromatic heterocycles. The minimum Gasteiger partial charge on any atom is -0.482 e. The van der Waals surface area contributed by atoms with Crippen molar-refractivity contribution in [3.8, 4) is 5.75 Å². The summed E-state index contributed by atoms with van der Waals surface area (Å²) in [5, 5.41) is 8.61. The number of likely N-dealkylation sites (N-methyl/N-ethyl adjacent to an activating group) is 1. The second-order valence-electron chi connectivity index (χ2n) is 6.48. The molecule has 1 amide bonds. The van der Waals surface area contributed by atoms with Gasteiger partial charge in [-0.2, -0.15) is 0 Å². The van der Waals surface area contributed by atoms with Crippen molar-refractivity contribution >= 4 is 11.9 Å². The van der Waals surface area contributed by atoms with E-state index < -0.39 is 11.4 Å². The quantitative estimate of drug-likeness (QED) is 0.840. The topological polar surface area (TPSA) is 66.8 Å². The molecule has 0 heterocycles. The molecule has 0 aliphatic carbocycles. The average Bonchev–Trinajstić information content (AvgIpc) is 2.61. The first-order valence-electron chi connectivity index (χ1n) is 8.05. The standard InChI is InChI=1S/C20H23NO4/c1-20(2,16-7-5-4-6-8-16)19(24)21(3)13-15-9-11-17(12-10-15)25-14-18(22)23/h4-12H,13-14H2,1-3H3,(H,22,23). The lowest BCUT2D eigenvalue weighted by Crippen LogP contribution is -2.40. The molecule has 0 aliphatic heterocycles. The van der Waals surface area contributed by atoms with Gasteiger partial charge in [-0.1, -0.05) is 42.5 Å². The van der Waals surface area contributed by atoms with Gasteiger partial charge in [-0.3, -0.25) is 4.79 Å². The normalized spacial score (nSPS) is 11.0. The molecule has 5 nitrogen and oxygen atoms in total. The van der Waals surface area contributed by atoms with Crippen molar-refractivity contribution in [1.29, 1.82) is 0 Å². The molecule has 0 unspecified atom stereocenters. The molecule has 0 atom stereocenters. The molecular weight excluding hydrogens is 318 g/mol. The van der Waals surface area contributed by atoms with Crippen LogP contribution < -0.4 is 4.74 Å². The van der Waals surface area contributed by atoms with Crippen LogP contribution in [-0.2, 0) is 21.5 Å². The maximum absolute atomic E-state index is 12.8. The van der Waals surface area contributed by atoms with E-state index in [2.05, 4.69) is 0 Å². The third kappa shape index (κ3) is 4.83. The number of hydrogen-bond acceptors (Lipinski definition) is 3. The Hall–Kier alpha value is -2.82. The molecule has 132 valence electrons. The summed E-state index contributed by atoms with van der Waals surface area (Å²) < 4.78 is 5.11. The summed E-state index contributed by atoms with van der Waals surface area (Å²) >= 11 is 0. The Labute approximate surface area is 147 Å². The zero-order valence-electron chi connectivity index (χ0n) is 14.7. The van der Waals surface area contributed by atoms with Crippen LogP contribution in [0.1, 0.15) is 25.0 Å². The molecule has 2 rings (SSSR count). The van der Waals surface area contributed by atoms with E-state index in [4.69, 9.17) is 9.84 Å². The second-order valence-corrected chi connectivity index (χ2v) is 6.48. The summed E-state index contributed by atoms with van der Waals surface area (Å²) in [6.07, 6.45) is 0. The molecule has 0 saturated heterocycles. The molecule has 0 spiro atoms. The van der Waals surface area contributed by atoms with Crippen LogP contribution in [0.2, 0.25) is 0 Å². The van der Waals surface area contributed by atoms with Crippen molar-refractivity contribution in [1.82, 2.24) is 4.90 Å². The monoisotopic (exact) mass is 341 g/mol. The largest absolute Gasteiger partial charge is 0.482 e. The fourth-order valence-corrected chi connectivity index (χ4v) is 2.64. The Bertz CT molecular complexity index is 723. The number of carboxylic acids is 1. The van der Waals surface area contributed by atoms with Gasteiger partial charge in [0.05, 0.1) is 5.41 Å². The van der Waals surface area contributed by atoms with E-state index in [0.717, 1.165) is 11.1 Å². The fourth-order valence-electron chi connectivity index (χ4n) is 2.64. The van der Waals surface area contributed by atoms with Gasteiger partial charge < -0.3 is 14.7 Å². The van der Waals surface area contributed by atoms with Crippen LogP contribution in [-0.4, -0.2) is 35.5 Å². The highest BCUT2D eigenvalue weighted by molar-refractivity contribution is 5.87. The van der Waals surface area contributed by atoms with Crippen LogP contribution in [0, 0.1) is 0 Å². The smallest absolute Gasteiger partial charge is 0.341 e. The first-order valence-corrected chi connectivity index (χ1v) is 8.05. The second kappa shape index (κ2) is 7.83. The fraction of sp³-hybridized carbons (Fsp3) is 0.300. The SMILES string of the molecule is CN(Cc1ccc(OCC(=O)O)cc1)C(=O)C(C)(C)c1ccccc1. The van der Waals surface area contributed by atoms with Gasteiger partial charge in [0.1, 0.15) is 5.75 Å². The molecule has 0 aliphatic rings. The van der Waals surface area contributed by atoms with Gasteiger partial charge in [-0.25, -0.2) is 4.79 Å². The highest BCUT2D eigenvalue weighted by Gasteiger charge is 2.32. The van der Waals surface area contributed by atoms with E-state index in [1.807, 2.05) is 56.3 Å². The zero-order valence-corrected chi connectivity index (χ0v) is 14.7. The summed E-state index contributed by atoms with van der Waals surface area (Å²) in [6, 6.07) is 16.8. The van der Waals surface area contributed by atoms with Crippen LogP contribution >= 0.6 is 0 Å². The van der Waals surface area contributed by atoms with Crippen LogP contribution in [0.5, 0.6) is 5.75 Å². The predicted octanol–water partition coefficient (Wildman–Crippen LogP) is 3.09. The van der Waals surface area contributed by atoms with Crippen LogP contribution in [0.3, 0.4) is 0 Å². The summed E-state index contributed by atoms with van der Waals surface area (Å²) in [6.45, 7) is 3.94. The molecule has 0 saturated carbocycles. The number of aliphatic carboxylic acids is 1. The minimum absolute atomic E-state index is 0.0323. The zero-order chi connectivity index (χ0) is 18.4. The van der Waals surface area contributed by atoms with Gasteiger partial charge >= 0.3 is 5.97 Å². The van der Waals surface area contributed by atoms with E-state index in [1.165, 1.54) is 0 Å². The maximum Gasteiger partial charge on any atom is 0.341 e. The first-order chi connectivity index (χ1) is 11.8. The number of amides is 1. The summed E-state index contributed by atoms with van der Waals surface area (Å²) in [5.41, 5.74) is 1.31. The summed E-state index contributed by atoms with van der Waals surface area (Å²) in [5.74, 6) is -0.493. The molecule has 2 aromatic rings. The number of hydrogen-bond donors (Lipinski definition) is 1. The van der Waals surface area contributed by atoms with E-state index >= 15 is 0 Å². The van der Waals surface area contributed by atoms with Gasteiger partial charge in [0, 0.05) is 13.6 Å². The number of rotatable bonds is 7. The Balaban J connectivity index is 2.02. The molecule has 25 heavy (non-hydrogen) atoms. The lowest BCUT2D eigenvalue weighted by atomic mass is 9.83. The number of carboxylic acid groups (broad SMARTS) is 1. The molecular formula is C20H23NO4. The van der Waals surface area contributed by atoms with Gasteiger partial charge in [0.25, 0.3) is 0 Å². The lowest BCUT2D eigenvalue weighted by Gasteiger charge is -2.30. The molecule has 2 aromatic carbocycles. The minimum atomic E-state index is -1.02. The predicted molar refractivity (Wildman–Crippen MR) is 95.5 cm³/mol. The first kappa shape index (κ1) is 18.5. The Morgan fingerprint density at radius 3 is 2.20 bits per heavy atom. The highest BCUT2D eigenvalue weighted by atomic mass is 16.5. The van der Waals surface area contributed by atoms with Gasteiger partial charge in [-0.15, -0.1) is 0 Å². The van der Waals surface area contributed by atoms with Gasteiger partial charge in [0.15, 0.2) is 6.61 Å². The molecule has 0 fully saturated rings. The van der Waals surface area contributed by atoms with Gasteiger partial charge in [-0.05, 0) is 37.1 Å². The van der Waals surface area contributed by atoms with Crippen LogP contribution in [0.15, 0.2) is 54.6 Å². The van der Waals surface area contributed by atoms with E-state index in [9.17, 15) is 9.59 Å². The van der Waals surface area contributed by atoms with Gasteiger partial charge in [0.2, 0.25) is 5.91 Å². The maximum atomic E-state index is 12.8. The Morgan fingerprint density at radius 2 is 1.64 bits per heavy atom. The number of benzene rings is 2. The van der Waals surface area contributed by atoms with Crippen molar-refractivity contribution in [3.63, 3.8) is 0 Å². The van der Waals surface area contributed by atoms with Crippen molar-refractivity contribution in [3.05, 3.63) is 65.7 Å². The number of ether oxygens (including phenoxy) is 1. The van der Waals surface area contributed by atoms with Crippen molar-refractivity contribution in [2.75, 3.05) is 13.7 Å². The highest BCUT2D eigenvalue weighted by Crippen LogP contribution is 2.26. The van der Waals surface area contributed by atoms with E-state index in [0.29, 0.717) is 12.3 Å². The summed E-state index contributed by atoms with van der Waals surface area (Å²) in [7, 11) is 1.78. The molecule has 0 radical (unpaired) electrons. The number of nitrogens with zero attached hydrogens (tertiary/aromatic N) is 1. The summed E-state index contributed by atoms with van der Waals surface area (Å²) in [4.78, 5) is 25.0. The molecule has 1 N–H and O–H groups in total. The van der Waals surface area contributed by atoms with Crippen LogP contribution in [0.4, 0.5) is 0 Å². The molecule has 5 heteroatoms. The van der Waals surface area contributed by atoms with Crippen molar-refractivity contribution < 1.29 is 19.4 Å². The third-order valence-electron chi connectivity index (χ3n) is 4.08. The number of carbonyl (C=O) groups excluding carboxylic acids is 1. The number of carbonyl (C=O) groups is 2. The Morgan fingerprint density at radius 1 is 1.04 bits per heavy atom. The molecule has 0 bridgehead atoms. The van der Waals surface area contributed by atoms with Crippen molar-refractivity contribution in [2.45, 2.75) is 25.8 Å². The Kier molecular flexibility index (Phi) is 5.80. The van der Waals surface area contributed by atoms with Crippen LogP contribution in [0.25, 0.3) is 0 Å². The van der Waals surface area contributed by atoms with E-state index in [1.54, 1.807) is 24.1 Å². The van der Waals surface area contributed by atoms with E-state index in [-0.39, 0.29) is 12.5 Å². The lowest BCUT2D eigenvalue weighted by molar-refractivity contribution is -0.139. The third-order valence-corrected chi connectivity index (χ3v) is 4.08.